The van der Waals surface area contributed by atoms with Crippen molar-refractivity contribution in [3.05, 3.63) is 168 Å². The van der Waals surface area contributed by atoms with Gasteiger partial charge in [-0.1, -0.05) is 85.0 Å². The predicted octanol–water partition coefficient (Wildman–Crippen LogP) is 9.05. The lowest BCUT2D eigenvalue weighted by molar-refractivity contribution is 0.293. The van der Waals surface area contributed by atoms with E-state index >= 15 is 0 Å². The minimum absolute atomic E-state index is 0.0775. The molecular weight excluding hydrogens is 578 g/mol. The molecule has 4 aromatic heterocycles. The lowest BCUT2D eigenvalue weighted by Gasteiger charge is -2.41. The van der Waals surface area contributed by atoms with Gasteiger partial charge in [-0.2, -0.15) is 5.10 Å². The molecular formula is C38H28FN5S. The van der Waals surface area contributed by atoms with Crippen molar-refractivity contribution in [1.29, 1.82) is 0 Å². The molecule has 1 atom stereocenters. The number of imidazole rings is 1. The summed E-state index contributed by atoms with van der Waals surface area (Å²) in [4.78, 5) is 9.17. The number of allylic oxidation sites excluding steroid dienone is 4. The average molecular weight is 606 g/mol. The Bertz CT molecular complexity index is 2100. The van der Waals surface area contributed by atoms with E-state index in [1.165, 1.54) is 12.1 Å². The Morgan fingerprint density at radius 1 is 0.778 bits per heavy atom. The molecule has 0 aliphatic heterocycles. The van der Waals surface area contributed by atoms with Crippen molar-refractivity contribution in [3.63, 3.8) is 0 Å². The number of benzene rings is 3. The van der Waals surface area contributed by atoms with Gasteiger partial charge in [-0.3, -0.25) is 9.08 Å². The summed E-state index contributed by atoms with van der Waals surface area (Å²) in [5.41, 5.74) is 6.89. The Balaban J connectivity index is 1.42. The van der Waals surface area contributed by atoms with Gasteiger partial charge < -0.3 is 0 Å². The summed E-state index contributed by atoms with van der Waals surface area (Å²) in [6.07, 6.45) is 17.5. The maximum Gasteiger partial charge on any atom is 0.141 e. The second-order valence-electron chi connectivity index (χ2n) is 11.1. The maximum absolute atomic E-state index is 14.2. The molecule has 0 saturated heterocycles. The molecule has 1 aliphatic carbocycles. The molecule has 7 heteroatoms. The first-order valence-corrected chi connectivity index (χ1v) is 15.8. The van der Waals surface area contributed by atoms with E-state index in [9.17, 15) is 4.39 Å². The van der Waals surface area contributed by atoms with Crippen LogP contribution >= 0.6 is 11.3 Å². The van der Waals surface area contributed by atoms with Crippen molar-refractivity contribution in [3.8, 4) is 33.1 Å². The normalized spacial score (nSPS) is 14.7. The van der Waals surface area contributed by atoms with Crippen molar-refractivity contribution in [2.45, 2.75) is 12.0 Å². The quantitative estimate of drug-likeness (QED) is 0.182. The molecule has 5 nitrogen and oxygen atoms in total. The number of hydrogen-bond donors (Lipinski definition) is 0. The summed E-state index contributed by atoms with van der Waals surface area (Å²) in [5, 5.41) is 8.30. The van der Waals surface area contributed by atoms with E-state index in [1.807, 2.05) is 23.8 Å². The monoisotopic (exact) mass is 605 g/mol. The van der Waals surface area contributed by atoms with Gasteiger partial charge in [-0.25, -0.2) is 14.4 Å². The first-order valence-electron chi connectivity index (χ1n) is 14.9. The first-order chi connectivity index (χ1) is 22.2. The highest BCUT2D eigenvalue weighted by Crippen LogP contribution is 2.46. The summed E-state index contributed by atoms with van der Waals surface area (Å²) in [7, 11) is 0. The smallest absolute Gasteiger partial charge is 0.141 e. The van der Waals surface area contributed by atoms with Gasteiger partial charge in [0.05, 0.1) is 6.20 Å². The number of hydrogen-bond acceptors (Lipinski definition) is 4. The average Bonchev–Trinajstić information content (AvgIpc) is 3.88. The third-order valence-corrected chi connectivity index (χ3v) is 9.40. The van der Waals surface area contributed by atoms with Crippen LogP contribution in [0.25, 0.3) is 38.7 Å². The number of rotatable bonds is 7. The topological polar surface area (TPSA) is 48.0 Å². The Morgan fingerprint density at radius 3 is 2.18 bits per heavy atom. The van der Waals surface area contributed by atoms with Gasteiger partial charge in [0.25, 0.3) is 0 Å². The van der Waals surface area contributed by atoms with Crippen LogP contribution in [-0.2, 0) is 5.54 Å². The zero-order chi connectivity index (χ0) is 30.2. The van der Waals surface area contributed by atoms with Crippen LogP contribution < -0.4 is 0 Å². The molecule has 0 fully saturated rings. The van der Waals surface area contributed by atoms with Crippen LogP contribution in [0.15, 0.2) is 152 Å². The molecule has 218 valence electrons. The maximum atomic E-state index is 14.2. The number of thiazole rings is 1. The third kappa shape index (κ3) is 4.64. The summed E-state index contributed by atoms with van der Waals surface area (Å²) in [6.45, 7) is 0. The summed E-state index contributed by atoms with van der Waals surface area (Å²) >= 11 is 1.58. The summed E-state index contributed by atoms with van der Waals surface area (Å²) in [5.74, 6) is -0.205. The summed E-state index contributed by atoms with van der Waals surface area (Å²) in [6, 6.07) is 31.9. The van der Waals surface area contributed by atoms with Crippen LogP contribution in [0.1, 0.15) is 17.5 Å². The van der Waals surface area contributed by atoms with E-state index in [2.05, 4.69) is 122 Å². The van der Waals surface area contributed by atoms with E-state index in [1.54, 1.807) is 23.5 Å². The van der Waals surface area contributed by atoms with Crippen LogP contribution in [0.2, 0.25) is 0 Å². The molecule has 1 unspecified atom stereocenters. The molecule has 4 heterocycles. The minimum Gasteiger partial charge on any atom is -0.297 e. The van der Waals surface area contributed by atoms with Gasteiger partial charge in [0.1, 0.15) is 33.4 Å². The van der Waals surface area contributed by atoms with Gasteiger partial charge in [0, 0.05) is 46.6 Å². The Hall–Kier alpha value is -5.40. The van der Waals surface area contributed by atoms with E-state index in [0.29, 0.717) is 0 Å². The molecule has 0 amide bonds. The highest BCUT2D eigenvalue weighted by Gasteiger charge is 2.44. The van der Waals surface area contributed by atoms with Gasteiger partial charge in [0.15, 0.2) is 0 Å². The molecule has 3 aromatic carbocycles. The fraction of sp³-hybridized carbons (Fsp3) is 0.0789. The fourth-order valence-corrected chi connectivity index (χ4v) is 7.18. The van der Waals surface area contributed by atoms with Gasteiger partial charge in [-0.15, -0.1) is 11.3 Å². The molecule has 7 aromatic rings. The van der Waals surface area contributed by atoms with E-state index in [4.69, 9.17) is 5.10 Å². The van der Waals surface area contributed by atoms with Crippen molar-refractivity contribution in [1.82, 2.24) is 24.1 Å². The number of halogens is 1. The number of aromatic nitrogens is 5. The van der Waals surface area contributed by atoms with Crippen molar-refractivity contribution < 1.29 is 4.39 Å². The van der Waals surface area contributed by atoms with Crippen LogP contribution in [0.3, 0.4) is 0 Å². The second-order valence-corrected chi connectivity index (χ2v) is 12.0. The van der Waals surface area contributed by atoms with Gasteiger partial charge >= 0.3 is 0 Å². The fourth-order valence-electron chi connectivity index (χ4n) is 6.54. The third-order valence-electron chi connectivity index (χ3n) is 8.61. The van der Waals surface area contributed by atoms with Gasteiger partial charge in [0.2, 0.25) is 0 Å². The molecule has 0 radical (unpaired) electrons. The standard InChI is InChI=1S/C38H28FN5S/c39-32-19-16-27(17-20-32)36-33(28-18-21-35-41-24-34(43(35)25-28)37-40-22-23-45-37)26-44(42-36)38(29-10-4-1-5-11-29,30-12-6-2-7-13-30)31-14-8-3-9-15-31/h1-14,16-26,31H,15H2. The van der Waals surface area contributed by atoms with E-state index in [-0.39, 0.29) is 11.7 Å². The SMILES string of the molecule is Fc1ccc(-c2nn(C(c3ccccc3)(c3ccccc3)C3C=CC=CC3)cc2-c2ccc3ncc(-c4nccs4)n3c2)cc1. The zero-order valence-electron chi connectivity index (χ0n) is 24.2. The largest absolute Gasteiger partial charge is 0.297 e. The van der Waals surface area contributed by atoms with Crippen molar-refractivity contribution >= 4 is 17.0 Å². The number of pyridine rings is 1. The van der Waals surface area contributed by atoms with Crippen molar-refractivity contribution in [2.75, 3.05) is 0 Å². The molecule has 0 N–H and O–H groups in total. The highest BCUT2D eigenvalue weighted by atomic mass is 32.1. The van der Waals surface area contributed by atoms with Crippen LogP contribution in [0.4, 0.5) is 4.39 Å². The molecule has 0 bridgehead atoms. The number of fused-ring (bicyclic) bond motifs is 1. The minimum atomic E-state index is -0.665. The lowest BCUT2D eigenvalue weighted by Crippen LogP contribution is -2.43. The Kier molecular flexibility index (Phi) is 6.80. The first kappa shape index (κ1) is 27.2. The number of nitrogens with zero attached hydrogens (tertiary/aromatic N) is 5. The molecule has 8 rings (SSSR count). The van der Waals surface area contributed by atoms with E-state index in [0.717, 1.165) is 56.3 Å². The predicted molar refractivity (Wildman–Crippen MR) is 178 cm³/mol. The second kappa shape index (κ2) is 11.3. The lowest BCUT2D eigenvalue weighted by atomic mass is 9.70. The highest BCUT2D eigenvalue weighted by molar-refractivity contribution is 7.13. The molecule has 1 aliphatic rings. The summed E-state index contributed by atoms with van der Waals surface area (Å²) < 4.78 is 18.4. The Labute approximate surface area is 264 Å². The van der Waals surface area contributed by atoms with Crippen molar-refractivity contribution in [2.24, 2.45) is 5.92 Å². The van der Waals surface area contributed by atoms with Crippen LogP contribution in [-0.4, -0.2) is 24.1 Å². The molecule has 0 saturated carbocycles. The van der Waals surface area contributed by atoms with Crippen LogP contribution in [0, 0.1) is 11.7 Å². The van der Waals surface area contributed by atoms with E-state index < -0.39 is 5.54 Å². The zero-order valence-corrected chi connectivity index (χ0v) is 25.1. The Morgan fingerprint density at radius 2 is 1.51 bits per heavy atom. The van der Waals surface area contributed by atoms with Crippen LogP contribution in [0.5, 0.6) is 0 Å². The molecule has 0 spiro atoms. The molecule has 45 heavy (non-hydrogen) atoms. The van der Waals surface area contributed by atoms with Gasteiger partial charge in [-0.05, 0) is 53.9 Å².